The van der Waals surface area contributed by atoms with Crippen molar-refractivity contribution in [1.82, 2.24) is 14.5 Å². The molecule has 7 heteroatoms. The number of ketones is 1. The van der Waals surface area contributed by atoms with E-state index in [0.29, 0.717) is 24.5 Å². The fourth-order valence-electron chi connectivity index (χ4n) is 3.77. The van der Waals surface area contributed by atoms with Gasteiger partial charge in [-0.3, -0.25) is 9.59 Å². The maximum absolute atomic E-state index is 13.2. The van der Waals surface area contributed by atoms with Gasteiger partial charge in [0.25, 0.3) is 5.91 Å². The topological polar surface area (TPSA) is 64.4 Å². The number of aromatic nitrogens is 2. The van der Waals surface area contributed by atoms with Crippen molar-refractivity contribution < 1.29 is 14.3 Å². The summed E-state index contributed by atoms with van der Waals surface area (Å²) in [6.07, 6.45) is 4.77. The quantitative estimate of drug-likeness (QED) is 0.770. The number of hydrogen-bond acceptors (Lipinski definition) is 5. The van der Waals surface area contributed by atoms with Crippen LogP contribution in [0.2, 0.25) is 0 Å². The van der Waals surface area contributed by atoms with E-state index in [1.807, 2.05) is 31.6 Å². The van der Waals surface area contributed by atoms with Crippen molar-refractivity contribution in [3.8, 4) is 0 Å². The largest absolute Gasteiger partial charge is 0.373 e. The molecule has 1 aliphatic heterocycles. The van der Waals surface area contributed by atoms with Crippen LogP contribution >= 0.6 is 11.8 Å². The molecule has 0 radical (unpaired) electrons. The molecule has 1 aliphatic carbocycles. The highest BCUT2D eigenvalue weighted by Gasteiger charge is 2.39. The molecule has 0 saturated carbocycles. The number of carbonyl (C=O) groups excluding carboxylic acids is 2. The van der Waals surface area contributed by atoms with Crippen molar-refractivity contribution in [3.63, 3.8) is 0 Å². The van der Waals surface area contributed by atoms with Crippen molar-refractivity contribution in [3.05, 3.63) is 29.9 Å². The number of ether oxygens (including phenoxy) is 1. The molecule has 3 rings (SSSR count). The lowest BCUT2D eigenvalue weighted by molar-refractivity contribution is -0.125. The predicted octanol–water partition coefficient (Wildman–Crippen LogP) is 3.48. The van der Waals surface area contributed by atoms with Crippen LogP contribution in [-0.4, -0.2) is 58.2 Å². The van der Waals surface area contributed by atoms with Gasteiger partial charge in [0.05, 0.1) is 5.69 Å². The fraction of sp³-hybridized carbons (Fsp3) is 0.571. The van der Waals surface area contributed by atoms with Crippen LogP contribution in [0.5, 0.6) is 0 Å². The standard InChI is InChI=1S/C21H29N3O3S/c1-12(28-7)17-18-14-11-15(25)16(27-6)10-13(14)8-9-24(18)19(22-17)20(26)23(5)21(2,3)4/h11,13,16H,1,8-10H2,2-7H3. The third kappa shape index (κ3) is 3.46. The molecule has 6 nitrogen and oxygen atoms in total. The monoisotopic (exact) mass is 403 g/mol. The lowest BCUT2D eigenvalue weighted by Gasteiger charge is -2.35. The molecule has 2 aliphatic rings. The van der Waals surface area contributed by atoms with Crippen LogP contribution in [0, 0.1) is 5.92 Å². The van der Waals surface area contributed by atoms with Crippen molar-refractivity contribution in [2.45, 2.75) is 51.8 Å². The number of amides is 1. The number of carbonyl (C=O) groups is 2. The summed E-state index contributed by atoms with van der Waals surface area (Å²) in [5.41, 5.74) is 2.21. The van der Waals surface area contributed by atoms with Crippen LogP contribution in [0.4, 0.5) is 0 Å². The van der Waals surface area contributed by atoms with Crippen LogP contribution in [-0.2, 0) is 16.1 Å². The molecule has 0 fully saturated rings. The summed E-state index contributed by atoms with van der Waals surface area (Å²) >= 11 is 1.50. The maximum atomic E-state index is 13.2. The number of thioether (sulfide) groups is 1. The molecule has 0 N–H and O–H groups in total. The second-order valence-electron chi connectivity index (χ2n) is 8.39. The summed E-state index contributed by atoms with van der Waals surface area (Å²) in [6, 6.07) is 0. The molecule has 1 amide bonds. The predicted molar refractivity (Wildman–Crippen MR) is 113 cm³/mol. The van der Waals surface area contributed by atoms with Gasteiger partial charge >= 0.3 is 0 Å². The number of nitrogens with zero attached hydrogens (tertiary/aromatic N) is 3. The highest BCUT2D eigenvalue weighted by Crippen LogP contribution is 2.43. The van der Waals surface area contributed by atoms with Crippen LogP contribution in [0.3, 0.4) is 0 Å². The number of hydrogen-bond donors (Lipinski definition) is 0. The summed E-state index contributed by atoms with van der Waals surface area (Å²) in [6.45, 7) is 10.8. The Kier molecular flexibility index (Phi) is 5.60. The Bertz CT molecular complexity index is 863. The molecule has 2 unspecified atom stereocenters. The van der Waals surface area contributed by atoms with Gasteiger partial charge in [0.15, 0.2) is 11.6 Å². The first-order chi connectivity index (χ1) is 13.1. The highest BCUT2D eigenvalue weighted by molar-refractivity contribution is 8.07. The van der Waals surface area contributed by atoms with E-state index in [4.69, 9.17) is 9.72 Å². The van der Waals surface area contributed by atoms with Crippen LogP contribution < -0.4 is 0 Å². The number of fused-ring (bicyclic) bond motifs is 3. The smallest absolute Gasteiger partial charge is 0.290 e. The zero-order valence-electron chi connectivity index (χ0n) is 17.5. The summed E-state index contributed by atoms with van der Waals surface area (Å²) in [7, 11) is 3.37. The molecule has 0 bridgehead atoms. The van der Waals surface area contributed by atoms with E-state index in [0.717, 1.165) is 22.6 Å². The Labute approximate surface area is 171 Å². The molecule has 0 saturated heterocycles. The number of imidazole rings is 1. The molecule has 0 aromatic carbocycles. The van der Waals surface area contributed by atoms with Gasteiger partial charge in [-0.05, 0) is 57.4 Å². The fourth-order valence-corrected chi connectivity index (χ4v) is 4.11. The van der Waals surface area contributed by atoms with Gasteiger partial charge in [0, 0.05) is 31.1 Å². The van der Waals surface area contributed by atoms with Gasteiger partial charge < -0.3 is 14.2 Å². The highest BCUT2D eigenvalue weighted by atomic mass is 32.2. The minimum absolute atomic E-state index is 0.0243. The van der Waals surface area contributed by atoms with E-state index >= 15 is 0 Å². The summed E-state index contributed by atoms with van der Waals surface area (Å²) in [5, 5.41) is 0. The van der Waals surface area contributed by atoms with Gasteiger partial charge in [-0.1, -0.05) is 6.58 Å². The zero-order chi connectivity index (χ0) is 20.8. The van der Waals surface area contributed by atoms with Gasteiger partial charge in [-0.15, -0.1) is 11.8 Å². The minimum Gasteiger partial charge on any atom is -0.373 e. The van der Waals surface area contributed by atoms with Crippen LogP contribution in [0.15, 0.2) is 12.7 Å². The first-order valence-corrected chi connectivity index (χ1v) is 10.7. The van der Waals surface area contributed by atoms with E-state index in [-0.39, 0.29) is 29.3 Å². The average Bonchev–Trinajstić information content (AvgIpc) is 3.05. The number of rotatable bonds is 4. The van der Waals surface area contributed by atoms with Gasteiger partial charge in [0.1, 0.15) is 11.8 Å². The number of methoxy groups -OCH3 is 1. The molecule has 1 aromatic rings. The summed E-state index contributed by atoms with van der Waals surface area (Å²) in [5.74, 6) is 0.496. The Morgan fingerprint density at radius 1 is 1.43 bits per heavy atom. The maximum Gasteiger partial charge on any atom is 0.290 e. The van der Waals surface area contributed by atoms with Gasteiger partial charge in [-0.25, -0.2) is 4.98 Å². The molecule has 28 heavy (non-hydrogen) atoms. The average molecular weight is 404 g/mol. The van der Waals surface area contributed by atoms with E-state index in [9.17, 15) is 9.59 Å². The van der Waals surface area contributed by atoms with E-state index in [1.165, 1.54) is 11.8 Å². The van der Waals surface area contributed by atoms with Gasteiger partial charge in [0.2, 0.25) is 0 Å². The van der Waals surface area contributed by atoms with Crippen LogP contribution in [0.25, 0.3) is 10.5 Å². The Hall–Kier alpha value is -1.86. The minimum atomic E-state index is -0.386. The second kappa shape index (κ2) is 7.52. The van der Waals surface area contributed by atoms with Gasteiger partial charge in [-0.2, -0.15) is 0 Å². The lowest BCUT2D eigenvalue weighted by Crippen LogP contribution is -2.44. The number of allylic oxidation sites excluding steroid dienone is 1. The summed E-state index contributed by atoms with van der Waals surface area (Å²) < 4.78 is 7.33. The van der Waals surface area contributed by atoms with Crippen molar-refractivity contribution in [1.29, 1.82) is 0 Å². The normalized spacial score (nSPS) is 21.6. The Balaban J connectivity index is 2.16. The van der Waals surface area contributed by atoms with Crippen molar-refractivity contribution >= 4 is 33.9 Å². The Morgan fingerprint density at radius 3 is 2.68 bits per heavy atom. The molecule has 0 spiro atoms. The molecule has 152 valence electrons. The first kappa shape index (κ1) is 20.9. The third-order valence-corrected chi connectivity index (χ3v) is 6.48. The van der Waals surface area contributed by atoms with Crippen LogP contribution in [0.1, 0.15) is 55.6 Å². The molecule has 2 atom stereocenters. The molecule has 2 heterocycles. The second-order valence-corrected chi connectivity index (χ2v) is 9.30. The van der Waals surface area contributed by atoms with Crippen molar-refractivity contribution in [2.24, 2.45) is 5.92 Å². The Morgan fingerprint density at radius 2 is 2.11 bits per heavy atom. The summed E-state index contributed by atoms with van der Waals surface area (Å²) in [4.78, 5) is 32.9. The first-order valence-electron chi connectivity index (χ1n) is 9.50. The molecule has 1 aromatic heterocycles. The molecular formula is C21H29N3O3S. The zero-order valence-corrected chi connectivity index (χ0v) is 18.4. The molecular weight excluding hydrogens is 374 g/mol. The third-order valence-electron chi connectivity index (χ3n) is 5.79. The SMILES string of the molecule is C=C(SC)c1nc(C(=O)N(C)C(C)(C)C)n2c1C1=CC(=O)C(OC)CC1CC2. The van der Waals surface area contributed by atoms with E-state index in [1.54, 1.807) is 25.1 Å². The van der Waals surface area contributed by atoms with Crippen molar-refractivity contribution in [2.75, 3.05) is 20.4 Å². The van der Waals surface area contributed by atoms with E-state index < -0.39 is 0 Å². The lowest BCUT2D eigenvalue weighted by atomic mass is 9.79. The van der Waals surface area contributed by atoms with E-state index in [2.05, 4.69) is 6.58 Å².